The summed E-state index contributed by atoms with van der Waals surface area (Å²) in [5.74, 6) is -2.97. The quantitative estimate of drug-likeness (QED) is 0.692. The minimum atomic E-state index is -4.12. The van der Waals surface area contributed by atoms with Gasteiger partial charge in [0, 0.05) is 4.47 Å². The third-order valence-electron chi connectivity index (χ3n) is 2.10. The van der Waals surface area contributed by atoms with Crippen LogP contribution in [0.2, 0.25) is 0 Å². The van der Waals surface area contributed by atoms with E-state index in [2.05, 4.69) is 15.9 Å². The molecule has 1 aromatic rings. The average Bonchev–Trinajstić information content (AvgIpc) is 2.27. The third kappa shape index (κ3) is 4.30. The summed E-state index contributed by atoms with van der Waals surface area (Å²) in [7, 11) is -4.12. The topological polar surface area (TPSA) is 121 Å². The van der Waals surface area contributed by atoms with Crippen molar-refractivity contribution in [1.82, 2.24) is 4.72 Å². The van der Waals surface area contributed by atoms with E-state index < -0.39 is 34.4 Å². The number of aliphatic carboxylic acids is 2. The van der Waals surface area contributed by atoms with E-state index in [4.69, 9.17) is 10.2 Å². The van der Waals surface area contributed by atoms with Crippen molar-refractivity contribution in [3.8, 4) is 0 Å². The molecule has 9 heteroatoms. The molecule has 104 valence electrons. The number of sulfonamides is 1. The lowest BCUT2D eigenvalue weighted by Crippen LogP contribution is -2.42. The molecule has 0 saturated carbocycles. The van der Waals surface area contributed by atoms with Crippen LogP contribution in [0.4, 0.5) is 0 Å². The minimum absolute atomic E-state index is 0.161. The maximum Gasteiger partial charge on any atom is 0.322 e. The van der Waals surface area contributed by atoms with E-state index in [1.54, 1.807) is 6.07 Å². The Hall–Kier alpha value is -1.45. The molecule has 0 amide bonds. The first kappa shape index (κ1) is 15.6. The molecule has 0 aliphatic heterocycles. The first-order valence-corrected chi connectivity index (χ1v) is 7.23. The monoisotopic (exact) mass is 351 g/mol. The van der Waals surface area contributed by atoms with Gasteiger partial charge in [-0.05, 0) is 28.1 Å². The van der Waals surface area contributed by atoms with Crippen molar-refractivity contribution in [2.75, 3.05) is 0 Å². The van der Waals surface area contributed by atoms with Gasteiger partial charge in [0.15, 0.2) is 0 Å². The highest BCUT2D eigenvalue weighted by atomic mass is 79.9. The van der Waals surface area contributed by atoms with Crippen LogP contribution in [0.15, 0.2) is 33.6 Å². The van der Waals surface area contributed by atoms with Crippen LogP contribution in [0, 0.1) is 0 Å². The fourth-order valence-corrected chi connectivity index (χ4v) is 3.46. The van der Waals surface area contributed by atoms with Crippen LogP contribution >= 0.6 is 15.9 Å². The number of hydrogen-bond acceptors (Lipinski definition) is 4. The first-order chi connectivity index (χ1) is 8.74. The van der Waals surface area contributed by atoms with Gasteiger partial charge in [-0.2, -0.15) is 4.72 Å². The van der Waals surface area contributed by atoms with Crippen LogP contribution < -0.4 is 4.72 Å². The predicted octanol–water partition coefficient (Wildman–Crippen LogP) is 0.655. The molecule has 0 bridgehead atoms. The van der Waals surface area contributed by atoms with Gasteiger partial charge < -0.3 is 10.2 Å². The second-order valence-corrected chi connectivity index (χ2v) is 6.08. The normalized spacial score (nSPS) is 12.9. The molecule has 3 N–H and O–H groups in total. The summed E-state index contributed by atoms with van der Waals surface area (Å²) in [6, 6.07) is 4.07. The molecule has 0 saturated heterocycles. The van der Waals surface area contributed by atoms with Gasteiger partial charge in [-0.15, -0.1) is 0 Å². The van der Waals surface area contributed by atoms with Crippen molar-refractivity contribution < 1.29 is 28.2 Å². The number of rotatable bonds is 6. The number of hydrogen-bond donors (Lipinski definition) is 3. The summed E-state index contributed by atoms with van der Waals surface area (Å²) >= 11 is 3.03. The van der Waals surface area contributed by atoms with Gasteiger partial charge in [-0.3, -0.25) is 9.59 Å². The van der Waals surface area contributed by atoms with E-state index in [1.165, 1.54) is 18.2 Å². The molecule has 0 aromatic heterocycles. The fourth-order valence-electron chi connectivity index (χ4n) is 1.27. The number of carboxylic acid groups (broad SMARTS) is 2. The first-order valence-electron chi connectivity index (χ1n) is 4.95. The molecule has 7 nitrogen and oxygen atoms in total. The zero-order valence-electron chi connectivity index (χ0n) is 9.41. The molecule has 0 spiro atoms. The molecule has 1 atom stereocenters. The molecule has 0 heterocycles. The van der Waals surface area contributed by atoms with Crippen LogP contribution in [0.3, 0.4) is 0 Å². The zero-order chi connectivity index (χ0) is 14.6. The Balaban J connectivity index is 3.04. The smallest absolute Gasteiger partial charge is 0.322 e. The highest BCUT2D eigenvalue weighted by Crippen LogP contribution is 2.21. The highest BCUT2D eigenvalue weighted by Gasteiger charge is 2.28. The van der Waals surface area contributed by atoms with Gasteiger partial charge in [0.05, 0.1) is 11.3 Å². The molecule has 19 heavy (non-hydrogen) atoms. The molecule has 0 fully saturated rings. The summed E-state index contributed by atoms with van der Waals surface area (Å²) in [5.41, 5.74) is 0. The van der Waals surface area contributed by atoms with Gasteiger partial charge in [-0.25, -0.2) is 8.42 Å². The number of carboxylic acids is 2. The molecular weight excluding hydrogens is 342 g/mol. The van der Waals surface area contributed by atoms with Crippen molar-refractivity contribution in [3.05, 3.63) is 28.7 Å². The molecule has 0 radical (unpaired) electrons. The van der Waals surface area contributed by atoms with Gasteiger partial charge in [-0.1, -0.05) is 12.1 Å². The maximum atomic E-state index is 12.0. The number of nitrogens with one attached hydrogen (secondary N) is 1. The lowest BCUT2D eigenvalue weighted by atomic mass is 10.2. The minimum Gasteiger partial charge on any atom is -0.481 e. The Labute approximate surface area is 117 Å². The lowest BCUT2D eigenvalue weighted by Gasteiger charge is -2.13. The average molecular weight is 352 g/mol. The van der Waals surface area contributed by atoms with Crippen molar-refractivity contribution in [3.63, 3.8) is 0 Å². The Morgan fingerprint density at radius 1 is 1.26 bits per heavy atom. The molecule has 0 aliphatic carbocycles. The van der Waals surface area contributed by atoms with Gasteiger partial charge in [0.2, 0.25) is 10.0 Å². The second kappa shape index (κ2) is 6.13. The maximum absolute atomic E-state index is 12.0. The van der Waals surface area contributed by atoms with Gasteiger partial charge >= 0.3 is 11.9 Å². The number of benzene rings is 1. The van der Waals surface area contributed by atoms with E-state index in [-0.39, 0.29) is 9.37 Å². The summed E-state index contributed by atoms with van der Waals surface area (Å²) in [4.78, 5) is 21.2. The molecule has 1 aromatic carbocycles. The largest absolute Gasteiger partial charge is 0.481 e. The highest BCUT2D eigenvalue weighted by molar-refractivity contribution is 9.10. The molecule has 1 rings (SSSR count). The summed E-state index contributed by atoms with van der Waals surface area (Å²) < 4.78 is 26.0. The van der Waals surface area contributed by atoms with E-state index in [9.17, 15) is 18.0 Å². The van der Waals surface area contributed by atoms with Crippen molar-refractivity contribution in [2.24, 2.45) is 0 Å². The molecular formula is C10H10BrNO6S. The SMILES string of the molecule is O=C(O)C[C@H](NS(=O)(=O)c1ccccc1Br)C(=O)O. The van der Waals surface area contributed by atoms with E-state index in [0.29, 0.717) is 0 Å². The standard InChI is InChI=1S/C10H10BrNO6S/c11-6-3-1-2-4-8(6)19(17,18)12-7(10(15)16)5-9(13)14/h1-4,7,12H,5H2,(H,13,14)(H,15,16)/t7-/m0/s1. The third-order valence-corrected chi connectivity index (χ3v) is 4.58. The Morgan fingerprint density at radius 3 is 2.32 bits per heavy atom. The summed E-state index contributed by atoms with van der Waals surface area (Å²) in [5, 5.41) is 17.3. The summed E-state index contributed by atoms with van der Waals surface area (Å²) in [6.45, 7) is 0. The van der Waals surface area contributed by atoms with Crippen LogP contribution in [0.1, 0.15) is 6.42 Å². The van der Waals surface area contributed by atoms with Gasteiger partial charge in [0.25, 0.3) is 0 Å². The lowest BCUT2D eigenvalue weighted by molar-refractivity contribution is -0.145. The predicted molar refractivity (Wildman–Crippen MR) is 68.1 cm³/mol. The van der Waals surface area contributed by atoms with Crippen LogP contribution in [-0.4, -0.2) is 36.6 Å². The Morgan fingerprint density at radius 2 is 1.84 bits per heavy atom. The number of halogens is 1. The van der Waals surface area contributed by atoms with E-state index in [1.807, 2.05) is 4.72 Å². The van der Waals surface area contributed by atoms with Crippen molar-refractivity contribution in [1.29, 1.82) is 0 Å². The van der Waals surface area contributed by atoms with Gasteiger partial charge in [0.1, 0.15) is 6.04 Å². The van der Waals surface area contributed by atoms with Crippen LogP contribution in [0.25, 0.3) is 0 Å². The van der Waals surface area contributed by atoms with Crippen molar-refractivity contribution in [2.45, 2.75) is 17.4 Å². The van der Waals surface area contributed by atoms with Crippen molar-refractivity contribution >= 4 is 37.9 Å². The van der Waals surface area contributed by atoms with Crippen LogP contribution in [0.5, 0.6) is 0 Å². The van der Waals surface area contributed by atoms with E-state index >= 15 is 0 Å². The zero-order valence-corrected chi connectivity index (χ0v) is 11.8. The van der Waals surface area contributed by atoms with Crippen LogP contribution in [-0.2, 0) is 19.6 Å². The Kier molecular flexibility index (Phi) is 5.04. The molecule has 0 aliphatic rings. The Bertz CT molecular complexity index is 600. The second-order valence-electron chi connectivity index (χ2n) is 3.54. The number of carbonyl (C=O) groups is 2. The molecule has 0 unspecified atom stereocenters. The fraction of sp³-hybridized carbons (Fsp3) is 0.200. The van der Waals surface area contributed by atoms with E-state index in [0.717, 1.165) is 0 Å². The summed E-state index contributed by atoms with van der Waals surface area (Å²) in [6.07, 6.45) is -0.848.